The van der Waals surface area contributed by atoms with Crippen molar-refractivity contribution >= 4 is 56.9 Å². The van der Waals surface area contributed by atoms with Crippen molar-refractivity contribution in [1.29, 1.82) is 0 Å². The smallest absolute Gasteiger partial charge is 0.164 e. The van der Waals surface area contributed by atoms with Gasteiger partial charge in [0.05, 0.1) is 0 Å². The zero-order chi connectivity index (χ0) is 9.84. The Hall–Kier alpha value is 0.450. The van der Waals surface area contributed by atoms with Gasteiger partial charge < -0.3 is 0 Å². The van der Waals surface area contributed by atoms with E-state index < -0.39 is 0 Å². The molecule has 0 amide bonds. The van der Waals surface area contributed by atoms with Crippen molar-refractivity contribution in [2.45, 2.75) is 11.3 Å². The Kier molecular flexibility index (Phi) is 4.75. The normalized spacial score (nSPS) is 10.1. The fourth-order valence-electron chi connectivity index (χ4n) is 0.947. The number of benzene rings is 1. The molecule has 70 valence electrons. The van der Waals surface area contributed by atoms with Gasteiger partial charge in [0.15, 0.2) is 5.78 Å². The van der Waals surface area contributed by atoms with Crippen molar-refractivity contribution in [3.05, 3.63) is 27.3 Å². The van der Waals surface area contributed by atoms with Gasteiger partial charge in [-0.05, 0) is 40.8 Å². The zero-order valence-corrected chi connectivity index (χ0v) is 11.4. The van der Waals surface area contributed by atoms with E-state index in [1.54, 1.807) is 0 Å². The van der Waals surface area contributed by atoms with Gasteiger partial charge in [0.25, 0.3) is 0 Å². The maximum atomic E-state index is 11.5. The molecule has 4 heteroatoms. The van der Waals surface area contributed by atoms with Crippen LogP contribution in [0.1, 0.15) is 16.8 Å². The van der Waals surface area contributed by atoms with Crippen LogP contribution in [-0.2, 0) is 0 Å². The largest absolute Gasteiger partial charge is 0.294 e. The predicted molar refractivity (Wildman–Crippen MR) is 69.2 cm³/mol. The van der Waals surface area contributed by atoms with Crippen molar-refractivity contribution in [2.24, 2.45) is 0 Å². The van der Waals surface area contributed by atoms with E-state index in [1.807, 2.05) is 18.2 Å². The number of carbonyl (C=O) groups is 1. The van der Waals surface area contributed by atoms with Gasteiger partial charge in [0.2, 0.25) is 0 Å². The Morgan fingerprint density at radius 1 is 1.54 bits per heavy atom. The molecule has 1 aromatic rings. The zero-order valence-electron chi connectivity index (χ0n) is 6.76. The Morgan fingerprint density at radius 2 is 2.23 bits per heavy atom. The van der Waals surface area contributed by atoms with Crippen LogP contribution in [-0.4, -0.2) is 11.1 Å². The van der Waals surface area contributed by atoms with Gasteiger partial charge in [-0.25, -0.2) is 0 Å². The fraction of sp³-hybridized carbons (Fsp3) is 0.222. The summed E-state index contributed by atoms with van der Waals surface area (Å²) in [6.45, 7) is 0. The van der Waals surface area contributed by atoms with E-state index in [-0.39, 0.29) is 5.78 Å². The monoisotopic (exact) mass is 370 g/mol. The van der Waals surface area contributed by atoms with Crippen molar-refractivity contribution in [1.82, 2.24) is 0 Å². The summed E-state index contributed by atoms with van der Waals surface area (Å²) < 4.78 is 0.987. The second kappa shape index (κ2) is 5.36. The number of hydrogen-bond acceptors (Lipinski definition) is 2. The Morgan fingerprint density at radius 3 is 2.85 bits per heavy atom. The third kappa shape index (κ3) is 3.25. The van der Waals surface area contributed by atoms with Crippen LogP contribution >= 0.6 is 51.1 Å². The summed E-state index contributed by atoms with van der Waals surface area (Å²) in [5.41, 5.74) is 0.771. The van der Waals surface area contributed by atoms with Gasteiger partial charge in [-0.2, -0.15) is 0 Å². The van der Waals surface area contributed by atoms with Gasteiger partial charge in [-0.1, -0.05) is 15.9 Å². The molecule has 0 N–H and O–H groups in total. The molecule has 0 saturated carbocycles. The lowest BCUT2D eigenvalue weighted by Crippen LogP contribution is -2.02. The number of hydrogen-bond donors (Lipinski definition) is 1. The van der Waals surface area contributed by atoms with Crippen molar-refractivity contribution in [3.63, 3.8) is 0 Å². The first-order valence-electron chi connectivity index (χ1n) is 3.73. The number of Topliss-reactive ketones (excluding diaryl/α,β-unsaturated/α-hetero) is 1. The van der Waals surface area contributed by atoms with Crippen LogP contribution in [0.25, 0.3) is 0 Å². The predicted octanol–water partition coefficient (Wildman–Crippen LogP) is 3.55. The molecule has 13 heavy (non-hydrogen) atoms. The molecule has 0 heterocycles. The standard InChI is InChI=1S/C9H8BrIOS/c10-4-3-9(12)7-5-6(13)1-2-8(7)11/h1-2,5,13H,3-4H2. The van der Waals surface area contributed by atoms with Crippen LogP contribution in [0, 0.1) is 3.57 Å². The van der Waals surface area contributed by atoms with Crippen LogP contribution in [0.2, 0.25) is 0 Å². The summed E-state index contributed by atoms with van der Waals surface area (Å²) in [7, 11) is 0. The van der Waals surface area contributed by atoms with E-state index >= 15 is 0 Å². The molecule has 0 aliphatic rings. The van der Waals surface area contributed by atoms with E-state index in [9.17, 15) is 4.79 Å². The molecule has 0 aliphatic carbocycles. The van der Waals surface area contributed by atoms with E-state index in [1.165, 1.54) is 0 Å². The molecule has 1 nitrogen and oxygen atoms in total. The first-order valence-corrected chi connectivity index (χ1v) is 6.37. The molecule has 0 fully saturated rings. The van der Waals surface area contributed by atoms with Crippen LogP contribution in [0.5, 0.6) is 0 Å². The van der Waals surface area contributed by atoms with E-state index in [0.717, 1.165) is 14.0 Å². The topological polar surface area (TPSA) is 17.1 Å². The molecule has 0 radical (unpaired) electrons. The summed E-state index contributed by atoms with van der Waals surface area (Å²) in [5, 5.41) is 0.707. The highest BCUT2D eigenvalue weighted by atomic mass is 127. The minimum atomic E-state index is 0.164. The summed E-state index contributed by atoms with van der Waals surface area (Å²) >= 11 is 9.61. The number of alkyl halides is 1. The van der Waals surface area contributed by atoms with Crippen LogP contribution < -0.4 is 0 Å². The molecular formula is C9H8BrIOS. The third-order valence-electron chi connectivity index (χ3n) is 1.57. The quantitative estimate of drug-likeness (QED) is 0.372. The van der Waals surface area contributed by atoms with Gasteiger partial charge >= 0.3 is 0 Å². The molecule has 0 spiro atoms. The van der Waals surface area contributed by atoms with E-state index in [2.05, 4.69) is 51.1 Å². The lowest BCUT2D eigenvalue weighted by molar-refractivity contribution is 0.0989. The van der Waals surface area contributed by atoms with Crippen LogP contribution in [0.4, 0.5) is 0 Å². The SMILES string of the molecule is O=C(CCBr)c1cc(S)ccc1I. The maximum absolute atomic E-state index is 11.5. The molecule has 0 unspecified atom stereocenters. The molecule has 0 saturated heterocycles. The lowest BCUT2D eigenvalue weighted by Gasteiger charge is -2.02. The molecular weight excluding hydrogens is 363 g/mol. The first kappa shape index (κ1) is 11.5. The summed E-state index contributed by atoms with van der Waals surface area (Å²) in [6.07, 6.45) is 0.535. The third-order valence-corrected chi connectivity index (χ3v) is 3.19. The number of thiol groups is 1. The average Bonchev–Trinajstić information content (AvgIpc) is 2.09. The maximum Gasteiger partial charge on any atom is 0.164 e. The number of rotatable bonds is 3. The van der Waals surface area contributed by atoms with Crippen LogP contribution in [0.15, 0.2) is 23.1 Å². The van der Waals surface area contributed by atoms with Crippen molar-refractivity contribution in [2.75, 3.05) is 5.33 Å². The van der Waals surface area contributed by atoms with Gasteiger partial charge in [-0.15, -0.1) is 12.6 Å². The van der Waals surface area contributed by atoms with E-state index in [0.29, 0.717) is 11.8 Å². The number of halogens is 2. The summed E-state index contributed by atoms with van der Waals surface area (Å²) in [5.74, 6) is 0.164. The highest BCUT2D eigenvalue weighted by molar-refractivity contribution is 14.1. The van der Waals surface area contributed by atoms with Gasteiger partial charge in [0.1, 0.15) is 0 Å². The minimum absolute atomic E-state index is 0.164. The van der Waals surface area contributed by atoms with Crippen molar-refractivity contribution < 1.29 is 4.79 Å². The second-order valence-corrected chi connectivity index (χ2v) is 5.00. The number of ketones is 1. The Balaban J connectivity index is 2.99. The molecule has 1 aromatic carbocycles. The molecule has 0 bridgehead atoms. The first-order chi connectivity index (χ1) is 6.15. The average molecular weight is 371 g/mol. The highest BCUT2D eigenvalue weighted by Gasteiger charge is 2.08. The molecule has 0 atom stereocenters. The van der Waals surface area contributed by atoms with Gasteiger partial charge in [0, 0.05) is 25.8 Å². The Labute approximate surface area is 105 Å². The summed E-state index contributed by atoms with van der Waals surface area (Å²) in [4.78, 5) is 12.4. The molecule has 1 rings (SSSR count). The van der Waals surface area contributed by atoms with Crippen molar-refractivity contribution in [3.8, 4) is 0 Å². The lowest BCUT2D eigenvalue weighted by atomic mass is 10.1. The van der Waals surface area contributed by atoms with Gasteiger partial charge in [-0.3, -0.25) is 4.79 Å². The molecule has 0 aliphatic heterocycles. The second-order valence-electron chi connectivity index (χ2n) is 2.53. The Bertz CT molecular complexity index is 327. The fourth-order valence-corrected chi connectivity index (χ4v) is 2.15. The highest BCUT2D eigenvalue weighted by Crippen LogP contribution is 2.18. The van der Waals surface area contributed by atoms with Crippen LogP contribution in [0.3, 0.4) is 0 Å². The number of carbonyl (C=O) groups excluding carboxylic acids is 1. The summed E-state index contributed by atoms with van der Waals surface area (Å²) in [6, 6.07) is 5.61. The minimum Gasteiger partial charge on any atom is -0.294 e. The van der Waals surface area contributed by atoms with E-state index in [4.69, 9.17) is 0 Å². The molecule has 0 aromatic heterocycles.